The van der Waals surface area contributed by atoms with Gasteiger partial charge in [0.15, 0.2) is 11.5 Å². The maximum atomic E-state index is 12.8. The third-order valence-corrected chi connectivity index (χ3v) is 5.60. The summed E-state index contributed by atoms with van der Waals surface area (Å²) < 4.78 is 5.35. The van der Waals surface area contributed by atoms with E-state index in [9.17, 15) is 4.79 Å². The van der Waals surface area contributed by atoms with Gasteiger partial charge in [0.1, 0.15) is 0 Å². The maximum Gasteiger partial charge on any atom is 0.276 e. The van der Waals surface area contributed by atoms with Gasteiger partial charge in [-0.1, -0.05) is 64.8 Å². The van der Waals surface area contributed by atoms with Crippen LogP contribution in [0.15, 0.2) is 59.1 Å². The van der Waals surface area contributed by atoms with Crippen LogP contribution in [0.1, 0.15) is 16.1 Å². The second kappa shape index (κ2) is 8.35. The van der Waals surface area contributed by atoms with Crippen LogP contribution in [-0.4, -0.2) is 47.0 Å². The van der Waals surface area contributed by atoms with E-state index in [4.69, 9.17) is 27.7 Å². The highest BCUT2D eigenvalue weighted by atomic mass is 35.5. The van der Waals surface area contributed by atoms with E-state index >= 15 is 0 Å². The first-order valence-electron chi connectivity index (χ1n) is 9.08. The molecular formula is C21H19Cl2N3O2. The molecule has 0 radical (unpaired) electrons. The Morgan fingerprint density at radius 1 is 0.964 bits per heavy atom. The van der Waals surface area contributed by atoms with Gasteiger partial charge in [-0.2, -0.15) is 0 Å². The number of rotatable bonds is 4. The molecule has 1 aromatic heterocycles. The fourth-order valence-electron chi connectivity index (χ4n) is 3.29. The van der Waals surface area contributed by atoms with Gasteiger partial charge >= 0.3 is 0 Å². The summed E-state index contributed by atoms with van der Waals surface area (Å²) in [7, 11) is 0. The van der Waals surface area contributed by atoms with Crippen LogP contribution in [0, 0.1) is 0 Å². The summed E-state index contributed by atoms with van der Waals surface area (Å²) in [6.45, 7) is 3.40. The fourth-order valence-corrected chi connectivity index (χ4v) is 3.81. The van der Waals surface area contributed by atoms with Crippen LogP contribution in [0.25, 0.3) is 11.3 Å². The van der Waals surface area contributed by atoms with E-state index in [1.807, 2.05) is 48.5 Å². The van der Waals surface area contributed by atoms with E-state index in [2.05, 4.69) is 10.1 Å². The van der Waals surface area contributed by atoms with Crippen LogP contribution in [-0.2, 0) is 6.54 Å². The Balaban J connectivity index is 1.37. The molecule has 0 saturated carbocycles. The van der Waals surface area contributed by atoms with Gasteiger partial charge in [0, 0.05) is 60.0 Å². The van der Waals surface area contributed by atoms with Crippen LogP contribution in [0.2, 0.25) is 10.0 Å². The molecule has 0 unspecified atom stereocenters. The van der Waals surface area contributed by atoms with Crippen molar-refractivity contribution in [3.05, 3.63) is 75.9 Å². The lowest BCUT2D eigenvalue weighted by atomic mass is 10.1. The van der Waals surface area contributed by atoms with E-state index in [0.29, 0.717) is 41.1 Å². The third-order valence-electron chi connectivity index (χ3n) is 4.89. The smallest absolute Gasteiger partial charge is 0.276 e. The Morgan fingerprint density at radius 3 is 2.32 bits per heavy atom. The molecule has 1 aliphatic rings. The van der Waals surface area contributed by atoms with Crippen molar-refractivity contribution in [2.45, 2.75) is 6.54 Å². The number of piperazine rings is 1. The normalized spacial score (nSPS) is 15.0. The maximum absolute atomic E-state index is 12.8. The second-order valence-electron chi connectivity index (χ2n) is 6.71. The molecule has 0 N–H and O–H groups in total. The highest BCUT2D eigenvalue weighted by Crippen LogP contribution is 2.26. The zero-order chi connectivity index (χ0) is 19.5. The molecule has 1 saturated heterocycles. The average molecular weight is 416 g/mol. The van der Waals surface area contributed by atoms with Crippen LogP contribution < -0.4 is 0 Å². The van der Waals surface area contributed by atoms with Crippen molar-refractivity contribution in [1.29, 1.82) is 0 Å². The molecule has 0 spiro atoms. The van der Waals surface area contributed by atoms with Gasteiger partial charge in [0.25, 0.3) is 5.91 Å². The van der Waals surface area contributed by atoms with Crippen molar-refractivity contribution in [3.8, 4) is 11.3 Å². The Labute approximate surface area is 173 Å². The molecule has 2 heterocycles. The predicted octanol–water partition coefficient (Wildman–Crippen LogP) is 4.61. The van der Waals surface area contributed by atoms with Gasteiger partial charge in [0.05, 0.1) is 0 Å². The summed E-state index contributed by atoms with van der Waals surface area (Å²) in [5.41, 5.74) is 2.16. The first-order chi connectivity index (χ1) is 13.6. The lowest BCUT2D eigenvalue weighted by Gasteiger charge is -2.34. The third kappa shape index (κ3) is 4.07. The summed E-state index contributed by atoms with van der Waals surface area (Å²) in [5, 5.41) is 5.30. The van der Waals surface area contributed by atoms with Gasteiger partial charge in [-0.3, -0.25) is 9.69 Å². The standard InChI is InChI=1S/C21H19Cl2N3O2/c22-17-7-4-8-18(23)16(17)14-25-9-11-26(12-10-25)21(27)19-13-20(28-24-19)15-5-2-1-3-6-15/h1-8,13H,9-12,14H2. The number of hydrogen-bond donors (Lipinski definition) is 0. The minimum Gasteiger partial charge on any atom is -0.355 e. The van der Waals surface area contributed by atoms with Crippen LogP contribution >= 0.6 is 23.2 Å². The van der Waals surface area contributed by atoms with Gasteiger partial charge in [0.2, 0.25) is 0 Å². The monoisotopic (exact) mass is 415 g/mol. The minimum absolute atomic E-state index is 0.110. The molecule has 0 bridgehead atoms. The lowest BCUT2D eigenvalue weighted by Crippen LogP contribution is -2.48. The topological polar surface area (TPSA) is 49.6 Å². The van der Waals surface area contributed by atoms with Crippen LogP contribution in [0.3, 0.4) is 0 Å². The van der Waals surface area contributed by atoms with Crippen LogP contribution in [0.5, 0.6) is 0 Å². The summed E-state index contributed by atoms with van der Waals surface area (Å²) in [6, 6.07) is 16.9. The molecule has 7 heteroatoms. The summed E-state index contributed by atoms with van der Waals surface area (Å²) in [5.74, 6) is 0.484. The first kappa shape index (κ1) is 19.0. The number of carbonyl (C=O) groups is 1. The van der Waals surface area contributed by atoms with E-state index in [1.54, 1.807) is 11.0 Å². The SMILES string of the molecule is O=C(c1cc(-c2ccccc2)on1)N1CCN(Cc2c(Cl)cccc2Cl)CC1. The molecule has 4 rings (SSSR count). The second-order valence-corrected chi connectivity index (χ2v) is 7.53. The van der Waals surface area contributed by atoms with Gasteiger partial charge in [-0.25, -0.2) is 0 Å². The largest absolute Gasteiger partial charge is 0.355 e. The Morgan fingerprint density at radius 2 is 1.64 bits per heavy atom. The Kier molecular flexibility index (Phi) is 5.67. The van der Waals surface area contributed by atoms with Crippen molar-refractivity contribution in [3.63, 3.8) is 0 Å². The molecule has 0 aliphatic carbocycles. The van der Waals surface area contributed by atoms with Crippen molar-refractivity contribution in [2.75, 3.05) is 26.2 Å². The van der Waals surface area contributed by atoms with E-state index in [-0.39, 0.29) is 5.91 Å². The first-order valence-corrected chi connectivity index (χ1v) is 9.84. The number of halogens is 2. The van der Waals surface area contributed by atoms with E-state index in [1.165, 1.54) is 0 Å². The molecule has 1 aliphatic heterocycles. The predicted molar refractivity (Wildman–Crippen MR) is 110 cm³/mol. The number of carbonyl (C=O) groups excluding carboxylic acids is 1. The molecule has 1 fully saturated rings. The van der Waals surface area contributed by atoms with Crippen molar-refractivity contribution >= 4 is 29.1 Å². The molecule has 144 valence electrons. The molecular weight excluding hydrogens is 397 g/mol. The molecule has 28 heavy (non-hydrogen) atoms. The Hall–Kier alpha value is -2.34. The highest BCUT2D eigenvalue weighted by Gasteiger charge is 2.25. The summed E-state index contributed by atoms with van der Waals surface area (Å²) in [6.07, 6.45) is 0. The van der Waals surface area contributed by atoms with E-state index < -0.39 is 0 Å². The van der Waals surface area contributed by atoms with E-state index in [0.717, 1.165) is 24.2 Å². The van der Waals surface area contributed by atoms with Gasteiger partial charge in [-0.15, -0.1) is 0 Å². The van der Waals surface area contributed by atoms with Crippen LogP contribution in [0.4, 0.5) is 0 Å². The molecule has 3 aromatic rings. The number of benzene rings is 2. The zero-order valence-corrected chi connectivity index (χ0v) is 16.7. The Bertz CT molecular complexity index is 947. The quantitative estimate of drug-likeness (QED) is 0.624. The molecule has 1 amide bonds. The number of amides is 1. The summed E-state index contributed by atoms with van der Waals surface area (Å²) >= 11 is 12.5. The minimum atomic E-state index is -0.110. The number of hydrogen-bond acceptors (Lipinski definition) is 4. The molecule has 5 nitrogen and oxygen atoms in total. The molecule has 2 aromatic carbocycles. The van der Waals surface area contributed by atoms with Gasteiger partial charge in [-0.05, 0) is 12.1 Å². The fraction of sp³-hybridized carbons (Fsp3) is 0.238. The highest BCUT2D eigenvalue weighted by molar-refractivity contribution is 6.35. The summed E-state index contributed by atoms with van der Waals surface area (Å²) in [4.78, 5) is 16.8. The zero-order valence-electron chi connectivity index (χ0n) is 15.1. The number of aromatic nitrogens is 1. The van der Waals surface area contributed by atoms with Gasteiger partial charge < -0.3 is 9.42 Å². The molecule has 0 atom stereocenters. The van der Waals surface area contributed by atoms with Crippen molar-refractivity contribution in [1.82, 2.24) is 15.0 Å². The van der Waals surface area contributed by atoms with Crippen molar-refractivity contribution < 1.29 is 9.32 Å². The van der Waals surface area contributed by atoms with Crippen molar-refractivity contribution in [2.24, 2.45) is 0 Å². The lowest BCUT2D eigenvalue weighted by molar-refractivity contribution is 0.0618. The average Bonchev–Trinajstić information content (AvgIpc) is 3.22. The number of nitrogens with zero attached hydrogens (tertiary/aromatic N) is 3.